The second-order valence-electron chi connectivity index (χ2n) is 5.24. The van der Waals surface area contributed by atoms with Gasteiger partial charge in [-0.25, -0.2) is 9.97 Å². The fraction of sp³-hybridized carbons (Fsp3) is 0.733. The number of nitrogens with zero attached hydrogens (tertiary/aromatic N) is 3. The highest BCUT2D eigenvalue weighted by Crippen LogP contribution is 2.25. The molecule has 1 heterocycles. The van der Waals surface area contributed by atoms with Crippen LogP contribution in [0, 0.1) is 5.92 Å². The van der Waals surface area contributed by atoms with Crippen molar-refractivity contribution in [3.63, 3.8) is 0 Å². The average Bonchev–Trinajstić information content (AvgIpc) is 2.38. The normalized spacial score (nSPS) is 10.8. The Kier molecular flexibility index (Phi) is 6.60. The van der Waals surface area contributed by atoms with Gasteiger partial charge in [0.15, 0.2) is 0 Å². The number of hydrogen-bond acceptors (Lipinski definition) is 4. The number of rotatable bonds is 8. The fourth-order valence-electron chi connectivity index (χ4n) is 2.28. The first-order valence-corrected chi connectivity index (χ1v) is 7.46. The first-order chi connectivity index (χ1) is 9.13. The summed E-state index contributed by atoms with van der Waals surface area (Å²) < 4.78 is 0. The minimum absolute atomic E-state index is 0.631. The largest absolute Gasteiger partial charge is 0.370 e. The third kappa shape index (κ3) is 4.37. The standard InChI is InChI=1S/C15H28N4/c1-6-9-13-14(16-7-2)17-11-18-15(13)19(8-3)10-12(4)5/h11-12H,6-10H2,1-5H3,(H,16,17,18). The molecule has 4 nitrogen and oxygen atoms in total. The van der Waals surface area contributed by atoms with Gasteiger partial charge in [-0.2, -0.15) is 0 Å². The molecule has 0 fully saturated rings. The van der Waals surface area contributed by atoms with Crippen LogP contribution in [0.5, 0.6) is 0 Å². The molecule has 0 aliphatic rings. The smallest absolute Gasteiger partial charge is 0.137 e. The summed E-state index contributed by atoms with van der Waals surface area (Å²) in [7, 11) is 0. The van der Waals surface area contributed by atoms with Crippen LogP contribution >= 0.6 is 0 Å². The molecule has 1 rings (SSSR count). The van der Waals surface area contributed by atoms with Crippen LogP contribution in [0.3, 0.4) is 0 Å². The molecule has 0 aliphatic carbocycles. The number of anilines is 2. The Bertz CT molecular complexity index is 376. The molecular formula is C15H28N4. The van der Waals surface area contributed by atoms with E-state index in [1.807, 2.05) is 0 Å². The summed E-state index contributed by atoms with van der Waals surface area (Å²) in [5, 5.41) is 3.36. The van der Waals surface area contributed by atoms with E-state index in [-0.39, 0.29) is 0 Å². The van der Waals surface area contributed by atoms with Crippen molar-refractivity contribution in [1.82, 2.24) is 9.97 Å². The van der Waals surface area contributed by atoms with E-state index in [1.165, 1.54) is 5.56 Å². The minimum Gasteiger partial charge on any atom is -0.370 e. The Hall–Kier alpha value is -1.32. The first kappa shape index (κ1) is 15.7. The maximum atomic E-state index is 4.54. The molecule has 0 saturated carbocycles. The van der Waals surface area contributed by atoms with Crippen LogP contribution in [0.4, 0.5) is 11.6 Å². The lowest BCUT2D eigenvalue weighted by atomic mass is 10.1. The van der Waals surface area contributed by atoms with E-state index in [9.17, 15) is 0 Å². The molecule has 0 bridgehead atoms. The molecule has 0 atom stereocenters. The van der Waals surface area contributed by atoms with Crippen molar-refractivity contribution in [3.8, 4) is 0 Å². The van der Waals surface area contributed by atoms with Crippen molar-refractivity contribution >= 4 is 11.6 Å². The lowest BCUT2D eigenvalue weighted by molar-refractivity contribution is 0.611. The zero-order valence-corrected chi connectivity index (χ0v) is 13.0. The number of hydrogen-bond donors (Lipinski definition) is 1. The van der Waals surface area contributed by atoms with Gasteiger partial charge in [-0.15, -0.1) is 0 Å². The summed E-state index contributed by atoms with van der Waals surface area (Å²) in [6, 6.07) is 0. The zero-order chi connectivity index (χ0) is 14.3. The maximum Gasteiger partial charge on any atom is 0.137 e. The van der Waals surface area contributed by atoms with Crippen LogP contribution in [0.1, 0.15) is 46.6 Å². The molecule has 0 unspecified atom stereocenters. The fourth-order valence-corrected chi connectivity index (χ4v) is 2.28. The van der Waals surface area contributed by atoms with Crippen LogP contribution in [-0.4, -0.2) is 29.6 Å². The van der Waals surface area contributed by atoms with Crippen molar-refractivity contribution in [2.75, 3.05) is 29.9 Å². The topological polar surface area (TPSA) is 41.1 Å². The monoisotopic (exact) mass is 264 g/mol. The van der Waals surface area contributed by atoms with Crippen LogP contribution in [0.2, 0.25) is 0 Å². The molecule has 0 radical (unpaired) electrons. The van der Waals surface area contributed by atoms with Crippen LogP contribution < -0.4 is 10.2 Å². The van der Waals surface area contributed by atoms with Gasteiger partial charge in [0.25, 0.3) is 0 Å². The second kappa shape index (κ2) is 7.97. The molecular weight excluding hydrogens is 236 g/mol. The number of nitrogens with one attached hydrogen (secondary N) is 1. The molecule has 0 spiro atoms. The maximum absolute atomic E-state index is 4.54. The molecule has 0 aliphatic heterocycles. The van der Waals surface area contributed by atoms with E-state index >= 15 is 0 Å². The second-order valence-corrected chi connectivity index (χ2v) is 5.24. The van der Waals surface area contributed by atoms with Crippen molar-refractivity contribution in [2.45, 2.75) is 47.5 Å². The van der Waals surface area contributed by atoms with E-state index < -0.39 is 0 Å². The predicted molar refractivity (Wildman–Crippen MR) is 82.9 cm³/mol. The Morgan fingerprint density at radius 1 is 1.21 bits per heavy atom. The van der Waals surface area contributed by atoms with Gasteiger partial charge in [0.2, 0.25) is 0 Å². The Morgan fingerprint density at radius 3 is 2.47 bits per heavy atom. The van der Waals surface area contributed by atoms with Crippen LogP contribution in [0.25, 0.3) is 0 Å². The zero-order valence-electron chi connectivity index (χ0n) is 13.0. The van der Waals surface area contributed by atoms with Gasteiger partial charge >= 0.3 is 0 Å². The predicted octanol–water partition coefficient (Wildman–Crippen LogP) is 3.34. The molecule has 0 saturated heterocycles. The molecule has 4 heteroatoms. The third-order valence-corrected chi connectivity index (χ3v) is 3.03. The molecule has 19 heavy (non-hydrogen) atoms. The van der Waals surface area contributed by atoms with E-state index in [0.29, 0.717) is 5.92 Å². The summed E-state index contributed by atoms with van der Waals surface area (Å²) in [5.41, 5.74) is 1.26. The van der Waals surface area contributed by atoms with Gasteiger partial charge in [0.1, 0.15) is 18.0 Å². The van der Waals surface area contributed by atoms with E-state index in [4.69, 9.17) is 0 Å². The van der Waals surface area contributed by atoms with Crippen molar-refractivity contribution in [2.24, 2.45) is 5.92 Å². The van der Waals surface area contributed by atoms with Crippen molar-refractivity contribution < 1.29 is 0 Å². The van der Waals surface area contributed by atoms with Gasteiger partial charge < -0.3 is 10.2 Å². The molecule has 1 aromatic rings. The van der Waals surface area contributed by atoms with E-state index in [0.717, 1.165) is 44.1 Å². The third-order valence-electron chi connectivity index (χ3n) is 3.03. The van der Waals surface area contributed by atoms with Crippen molar-refractivity contribution in [3.05, 3.63) is 11.9 Å². The summed E-state index contributed by atoms with van der Waals surface area (Å²) in [4.78, 5) is 11.3. The van der Waals surface area contributed by atoms with Gasteiger partial charge in [0, 0.05) is 25.2 Å². The lowest BCUT2D eigenvalue weighted by Crippen LogP contribution is -2.29. The van der Waals surface area contributed by atoms with Crippen LogP contribution in [-0.2, 0) is 6.42 Å². The quantitative estimate of drug-likeness (QED) is 0.782. The SMILES string of the molecule is CCCc1c(NCC)ncnc1N(CC)CC(C)C. The van der Waals surface area contributed by atoms with Crippen molar-refractivity contribution in [1.29, 1.82) is 0 Å². The highest BCUT2D eigenvalue weighted by Gasteiger charge is 2.16. The molecule has 0 aromatic carbocycles. The summed E-state index contributed by atoms with van der Waals surface area (Å²) in [6.45, 7) is 13.9. The van der Waals surface area contributed by atoms with E-state index in [1.54, 1.807) is 6.33 Å². The molecule has 108 valence electrons. The minimum atomic E-state index is 0.631. The van der Waals surface area contributed by atoms with Gasteiger partial charge in [0.05, 0.1) is 0 Å². The molecule has 1 N–H and O–H groups in total. The van der Waals surface area contributed by atoms with Gasteiger partial charge in [-0.1, -0.05) is 27.2 Å². The Balaban J connectivity index is 3.11. The van der Waals surface area contributed by atoms with Gasteiger partial charge in [-0.3, -0.25) is 0 Å². The Morgan fingerprint density at radius 2 is 1.95 bits per heavy atom. The molecule has 0 amide bonds. The average molecular weight is 264 g/mol. The summed E-state index contributed by atoms with van der Waals surface area (Å²) in [5.74, 6) is 2.73. The highest BCUT2D eigenvalue weighted by atomic mass is 15.2. The van der Waals surface area contributed by atoms with Crippen LogP contribution in [0.15, 0.2) is 6.33 Å². The van der Waals surface area contributed by atoms with Gasteiger partial charge in [-0.05, 0) is 26.2 Å². The first-order valence-electron chi connectivity index (χ1n) is 7.46. The summed E-state index contributed by atoms with van der Waals surface area (Å²) in [6.07, 6.45) is 3.81. The number of aromatic nitrogens is 2. The highest BCUT2D eigenvalue weighted by molar-refractivity contribution is 5.58. The summed E-state index contributed by atoms with van der Waals surface area (Å²) >= 11 is 0. The van der Waals surface area contributed by atoms with E-state index in [2.05, 4.69) is 54.8 Å². The Labute approximate surface area is 117 Å². The lowest BCUT2D eigenvalue weighted by Gasteiger charge is -2.27. The molecule has 1 aromatic heterocycles.